The van der Waals surface area contributed by atoms with Crippen LogP contribution in [0.2, 0.25) is 0 Å². The third kappa shape index (κ3) is 2.08. The van der Waals surface area contributed by atoms with Gasteiger partial charge in [-0.3, -0.25) is 10.1 Å². The topological polar surface area (TPSA) is 61.4 Å². The molecule has 1 unspecified atom stereocenters. The molecule has 5 heteroatoms. The van der Waals surface area contributed by atoms with Gasteiger partial charge in [-0.25, -0.2) is 4.79 Å². The standard InChI is InChI=1S/C19H19N3O2/c1-2-22-11-10-19(17(23)20-18(24)21-19)15-9-8-14(12-16(15)22)13-6-4-3-5-7-13/h3-9,12H,2,10-11H2,1H3,(H2,20,21,23,24). The number of carbonyl (C=O) groups is 2. The first-order valence-corrected chi connectivity index (χ1v) is 8.22. The summed E-state index contributed by atoms with van der Waals surface area (Å²) in [5.74, 6) is -0.253. The summed E-state index contributed by atoms with van der Waals surface area (Å²) >= 11 is 0. The zero-order valence-corrected chi connectivity index (χ0v) is 13.5. The van der Waals surface area contributed by atoms with E-state index in [2.05, 4.69) is 40.7 Å². The van der Waals surface area contributed by atoms with E-state index in [1.807, 2.05) is 30.3 Å². The molecule has 0 radical (unpaired) electrons. The molecule has 24 heavy (non-hydrogen) atoms. The summed E-state index contributed by atoms with van der Waals surface area (Å²) in [5.41, 5.74) is 3.19. The summed E-state index contributed by atoms with van der Waals surface area (Å²) in [4.78, 5) is 26.4. The molecule has 2 N–H and O–H groups in total. The molecule has 2 heterocycles. The molecule has 2 aromatic carbocycles. The molecule has 1 fully saturated rings. The fraction of sp³-hybridized carbons (Fsp3) is 0.263. The Hall–Kier alpha value is -2.82. The highest BCUT2D eigenvalue weighted by atomic mass is 16.2. The Bertz CT molecular complexity index is 819. The highest BCUT2D eigenvalue weighted by Gasteiger charge is 2.51. The Morgan fingerprint density at radius 1 is 1.08 bits per heavy atom. The molecule has 0 aliphatic carbocycles. The molecule has 2 aliphatic rings. The Labute approximate surface area is 140 Å². The molecular formula is C19H19N3O2. The normalized spacial score (nSPS) is 22.3. The summed E-state index contributed by atoms with van der Waals surface area (Å²) in [6.45, 7) is 3.69. The van der Waals surface area contributed by atoms with Gasteiger partial charge in [0.2, 0.25) is 0 Å². The van der Waals surface area contributed by atoms with Crippen LogP contribution in [0.4, 0.5) is 10.5 Å². The molecule has 0 aromatic heterocycles. The van der Waals surface area contributed by atoms with Crippen molar-refractivity contribution in [3.8, 4) is 11.1 Å². The fourth-order valence-electron chi connectivity index (χ4n) is 3.71. The van der Waals surface area contributed by atoms with Crippen molar-refractivity contribution in [1.29, 1.82) is 0 Å². The maximum absolute atomic E-state index is 12.5. The quantitative estimate of drug-likeness (QED) is 0.836. The molecule has 1 atom stereocenters. The van der Waals surface area contributed by atoms with Gasteiger partial charge in [0.1, 0.15) is 5.54 Å². The zero-order chi connectivity index (χ0) is 16.7. The van der Waals surface area contributed by atoms with Crippen LogP contribution < -0.4 is 15.5 Å². The van der Waals surface area contributed by atoms with Gasteiger partial charge in [-0.05, 0) is 24.1 Å². The lowest BCUT2D eigenvalue weighted by Gasteiger charge is -2.40. The average Bonchev–Trinajstić information content (AvgIpc) is 2.90. The minimum absolute atomic E-state index is 0.253. The van der Waals surface area contributed by atoms with E-state index in [4.69, 9.17) is 0 Å². The second-order valence-corrected chi connectivity index (χ2v) is 6.24. The largest absolute Gasteiger partial charge is 0.371 e. The van der Waals surface area contributed by atoms with Gasteiger partial charge in [0.05, 0.1) is 0 Å². The number of rotatable bonds is 2. The van der Waals surface area contributed by atoms with Gasteiger partial charge in [-0.2, -0.15) is 0 Å². The van der Waals surface area contributed by atoms with Crippen LogP contribution in [0.25, 0.3) is 11.1 Å². The van der Waals surface area contributed by atoms with Crippen LogP contribution in [0.5, 0.6) is 0 Å². The minimum atomic E-state index is -0.937. The molecular weight excluding hydrogens is 302 g/mol. The second kappa shape index (κ2) is 5.37. The zero-order valence-electron chi connectivity index (χ0n) is 13.5. The van der Waals surface area contributed by atoms with Crippen molar-refractivity contribution in [2.45, 2.75) is 18.9 Å². The van der Waals surface area contributed by atoms with Crippen LogP contribution in [0, 0.1) is 0 Å². The smallest absolute Gasteiger partial charge is 0.322 e. The molecule has 0 saturated carbocycles. The number of imide groups is 1. The summed E-state index contributed by atoms with van der Waals surface area (Å²) in [5, 5.41) is 5.24. The van der Waals surface area contributed by atoms with Gasteiger partial charge in [0, 0.05) is 30.8 Å². The lowest BCUT2D eigenvalue weighted by molar-refractivity contribution is -0.124. The summed E-state index contributed by atoms with van der Waals surface area (Å²) in [6, 6.07) is 15.9. The Morgan fingerprint density at radius 2 is 1.88 bits per heavy atom. The maximum atomic E-state index is 12.5. The third-order valence-electron chi connectivity index (χ3n) is 4.99. The number of nitrogens with one attached hydrogen (secondary N) is 2. The molecule has 1 spiro atoms. The molecule has 122 valence electrons. The Morgan fingerprint density at radius 3 is 2.54 bits per heavy atom. The molecule has 1 saturated heterocycles. The first kappa shape index (κ1) is 14.8. The molecule has 0 bridgehead atoms. The van der Waals surface area contributed by atoms with E-state index in [1.54, 1.807) is 0 Å². The van der Waals surface area contributed by atoms with Crippen LogP contribution in [-0.2, 0) is 10.3 Å². The van der Waals surface area contributed by atoms with Crippen LogP contribution in [0.3, 0.4) is 0 Å². The SMILES string of the molecule is CCN1CCC2(NC(=O)NC2=O)c2ccc(-c3ccccc3)cc21. The first-order valence-electron chi connectivity index (χ1n) is 8.22. The van der Waals surface area contributed by atoms with Gasteiger partial charge in [0.15, 0.2) is 0 Å². The number of anilines is 1. The van der Waals surface area contributed by atoms with Crippen LogP contribution >= 0.6 is 0 Å². The first-order chi connectivity index (χ1) is 11.6. The number of hydrogen-bond donors (Lipinski definition) is 2. The Balaban J connectivity index is 1.86. The van der Waals surface area contributed by atoms with Gasteiger partial charge in [-0.15, -0.1) is 0 Å². The van der Waals surface area contributed by atoms with Crippen molar-refractivity contribution in [2.24, 2.45) is 0 Å². The molecule has 2 aliphatic heterocycles. The van der Waals surface area contributed by atoms with Crippen molar-refractivity contribution in [3.05, 3.63) is 54.1 Å². The molecule has 3 amide bonds. The summed E-state index contributed by atoms with van der Waals surface area (Å²) in [7, 11) is 0. The highest BCUT2D eigenvalue weighted by molar-refractivity contribution is 6.08. The molecule has 5 nitrogen and oxygen atoms in total. The van der Waals surface area contributed by atoms with E-state index in [9.17, 15) is 9.59 Å². The van der Waals surface area contributed by atoms with E-state index < -0.39 is 11.6 Å². The van der Waals surface area contributed by atoms with Gasteiger partial charge in [0.25, 0.3) is 5.91 Å². The van der Waals surface area contributed by atoms with Crippen molar-refractivity contribution in [1.82, 2.24) is 10.6 Å². The number of carbonyl (C=O) groups excluding carboxylic acids is 2. The van der Waals surface area contributed by atoms with E-state index in [1.165, 1.54) is 0 Å². The second-order valence-electron chi connectivity index (χ2n) is 6.24. The minimum Gasteiger partial charge on any atom is -0.371 e. The number of hydrogen-bond acceptors (Lipinski definition) is 3. The number of fused-ring (bicyclic) bond motifs is 2. The Kier molecular flexibility index (Phi) is 3.30. The van der Waals surface area contributed by atoms with Crippen LogP contribution in [0.1, 0.15) is 18.9 Å². The van der Waals surface area contributed by atoms with Crippen molar-refractivity contribution in [3.63, 3.8) is 0 Å². The lowest BCUT2D eigenvalue weighted by atomic mass is 9.81. The summed E-state index contributed by atoms with van der Waals surface area (Å²) < 4.78 is 0. The van der Waals surface area contributed by atoms with E-state index in [0.29, 0.717) is 6.42 Å². The van der Waals surface area contributed by atoms with Gasteiger partial charge < -0.3 is 10.2 Å². The molecule has 2 aromatic rings. The highest BCUT2D eigenvalue weighted by Crippen LogP contribution is 2.42. The van der Waals surface area contributed by atoms with Crippen molar-refractivity contribution < 1.29 is 9.59 Å². The maximum Gasteiger partial charge on any atom is 0.322 e. The van der Waals surface area contributed by atoms with E-state index in [0.717, 1.165) is 35.5 Å². The molecule has 4 rings (SSSR count). The number of amides is 3. The van der Waals surface area contributed by atoms with Crippen LogP contribution in [0.15, 0.2) is 48.5 Å². The predicted molar refractivity (Wildman–Crippen MR) is 92.7 cm³/mol. The van der Waals surface area contributed by atoms with Crippen molar-refractivity contribution in [2.75, 3.05) is 18.0 Å². The third-order valence-corrected chi connectivity index (χ3v) is 4.99. The van der Waals surface area contributed by atoms with Crippen molar-refractivity contribution >= 4 is 17.6 Å². The van der Waals surface area contributed by atoms with E-state index >= 15 is 0 Å². The summed E-state index contributed by atoms with van der Waals surface area (Å²) in [6.07, 6.45) is 0.579. The van der Waals surface area contributed by atoms with Crippen LogP contribution in [-0.4, -0.2) is 25.0 Å². The predicted octanol–water partition coefficient (Wildman–Crippen LogP) is 2.62. The number of nitrogens with zero attached hydrogens (tertiary/aromatic N) is 1. The number of urea groups is 1. The fourth-order valence-corrected chi connectivity index (χ4v) is 3.71. The monoisotopic (exact) mass is 321 g/mol. The number of benzene rings is 2. The lowest BCUT2D eigenvalue weighted by Crippen LogP contribution is -2.50. The van der Waals surface area contributed by atoms with Gasteiger partial charge >= 0.3 is 6.03 Å². The average molecular weight is 321 g/mol. The van der Waals surface area contributed by atoms with E-state index in [-0.39, 0.29) is 5.91 Å². The van der Waals surface area contributed by atoms with Gasteiger partial charge in [-0.1, -0.05) is 42.5 Å².